The van der Waals surface area contributed by atoms with Crippen LogP contribution >= 0.6 is 0 Å². The molecule has 2 aromatic heterocycles. The first kappa shape index (κ1) is 5.16. The van der Waals surface area contributed by atoms with E-state index in [1.54, 1.807) is 18.5 Å². The Morgan fingerprint density at radius 2 is 2.40 bits per heavy atom. The van der Waals surface area contributed by atoms with Crippen LogP contribution < -0.4 is 5.84 Å². The van der Waals surface area contributed by atoms with E-state index in [0.717, 1.165) is 5.52 Å². The van der Waals surface area contributed by atoms with E-state index in [1.165, 1.54) is 4.79 Å². The minimum absolute atomic E-state index is 0.713. The molecule has 2 rings (SSSR count). The molecule has 2 heterocycles. The molecule has 0 spiro atoms. The Hall–Kier alpha value is -1.65. The molecule has 0 aliphatic heterocycles. The van der Waals surface area contributed by atoms with Crippen LogP contribution in [0.4, 0.5) is 0 Å². The van der Waals surface area contributed by atoms with Crippen molar-refractivity contribution >= 4 is 11.0 Å². The zero-order valence-electron chi connectivity index (χ0n) is 5.10. The second-order valence-electron chi connectivity index (χ2n) is 1.90. The van der Waals surface area contributed by atoms with Gasteiger partial charge < -0.3 is 5.84 Å². The summed E-state index contributed by atoms with van der Waals surface area (Å²) in [5.41, 5.74) is 1.50. The lowest BCUT2D eigenvalue weighted by Gasteiger charge is -1.87. The van der Waals surface area contributed by atoms with Gasteiger partial charge in [0, 0.05) is 6.20 Å². The summed E-state index contributed by atoms with van der Waals surface area (Å²) >= 11 is 0. The van der Waals surface area contributed by atoms with Crippen LogP contribution in [0.25, 0.3) is 11.0 Å². The normalized spacial score (nSPS) is 10.4. The molecule has 0 saturated carbocycles. The molecule has 2 aromatic rings. The van der Waals surface area contributed by atoms with Gasteiger partial charge in [-0.15, -0.1) is 5.10 Å². The van der Waals surface area contributed by atoms with E-state index >= 15 is 0 Å². The molecule has 0 aromatic carbocycles. The number of hydrogen-bond donors (Lipinski definition) is 1. The molecule has 10 heavy (non-hydrogen) atoms. The van der Waals surface area contributed by atoms with Gasteiger partial charge in [0.05, 0.1) is 6.20 Å². The molecule has 5 nitrogen and oxygen atoms in total. The zero-order valence-corrected chi connectivity index (χ0v) is 5.10. The Balaban J connectivity index is 2.93. The highest BCUT2D eigenvalue weighted by atomic mass is 15.6. The van der Waals surface area contributed by atoms with Gasteiger partial charge in [0.25, 0.3) is 0 Å². The quantitative estimate of drug-likeness (QED) is 0.496. The fourth-order valence-electron chi connectivity index (χ4n) is 0.794. The van der Waals surface area contributed by atoms with Crippen molar-refractivity contribution in [2.24, 2.45) is 0 Å². The van der Waals surface area contributed by atoms with Gasteiger partial charge >= 0.3 is 0 Å². The van der Waals surface area contributed by atoms with Crippen molar-refractivity contribution in [3.05, 3.63) is 18.5 Å². The van der Waals surface area contributed by atoms with Gasteiger partial charge in [-0.2, -0.15) is 4.79 Å². The number of nitrogens with two attached hydrogens (primary N) is 1. The van der Waals surface area contributed by atoms with Crippen molar-refractivity contribution in [3.8, 4) is 0 Å². The van der Waals surface area contributed by atoms with E-state index in [0.29, 0.717) is 5.52 Å². The zero-order chi connectivity index (χ0) is 6.97. The van der Waals surface area contributed by atoms with Crippen molar-refractivity contribution in [2.45, 2.75) is 0 Å². The Labute approximate surface area is 56.4 Å². The van der Waals surface area contributed by atoms with E-state index in [9.17, 15) is 0 Å². The maximum Gasteiger partial charge on any atom is 0.133 e. The maximum atomic E-state index is 5.39. The third-order valence-corrected chi connectivity index (χ3v) is 1.27. The average Bonchev–Trinajstić information content (AvgIpc) is 2.34. The number of rotatable bonds is 0. The monoisotopic (exact) mass is 135 g/mol. The molecule has 0 atom stereocenters. The van der Waals surface area contributed by atoms with E-state index < -0.39 is 0 Å². The molecule has 50 valence electrons. The summed E-state index contributed by atoms with van der Waals surface area (Å²) in [6, 6.07) is 1.76. The lowest BCUT2D eigenvalue weighted by Crippen LogP contribution is -2.09. The molecule has 0 aliphatic carbocycles. The number of fused-ring (bicyclic) bond motifs is 1. The number of hydrogen-bond acceptors (Lipinski definition) is 4. The van der Waals surface area contributed by atoms with Crippen LogP contribution in [0.2, 0.25) is 0 Å². The third kappa shape index (κ3) is 0.540. The van der Waals surface area contributed by atoms with Crippen LogP contribution in [0, 0.1) is 0 Å². The highest BCUT2D eigenvalue weighted by Gasteiger charge is 1.97. The van der Waals surface area contributed by atoms with Gasteiger partial charge in [0.1, 0.15) is 11.0 Å². The van der Waals surface area contributed by atoms with Crippen molar-refractivity contribution in [1.82, 2.24) is 20.1 Å². The SMILES string of the molecule is Nn1nnc2cnccc21. The van der Waals surface area contributed by atoms with Crippen molar-refractivity contribution < 1.29 is 0 Å². The summed E-state index contributed by atoms with van der Waals surface area (Å²) in [6.45, 7) is 0. The fraction of sp³-hybridized carbons (Fsp3) is 0. The highest BCUT2D eigenvalue weighted by Crippen LogP contribution is 2.03. The van der Waals surface area contributed by atoms with Crippen molar-refractivity contribution in [1.29, 1.82) is 0 Å². The minimum atomic E-state index is 0.713. The number of pyridine rings is 1. The van der Waals surface area contributed by atoms with Crippen molar-refractivity contribution in [2.75, 3.05) is 5.84 Å². The first-order valence-corrected chi connectivity index (χ1v) is 2.78. The van der Waals surface area contributed by atoms with Gasteiger partial charge in [0.15, 0.2) is 0 Å². The van der Waals surface area contributed by atoms with Gasteiger partial charge in [-0.05, 0) is 11.3 Å². The fourth-order valence-corrected chi connectivity index (χ4v) is 0.794. The van der Waals surface area contributed by atoms with Gasteiger partial charge in [-0.3, -0.25) is 4.98 Å². The minimum Gasteiger partial charge on any atom is -0.321 e. The van der Waals surface area contributed by atoms with Crippen LogP contribution in [0.3, 0.4) is 0 Å². The summed E-state index contributed by atoms with van der Waals surface area (Å²) in [4.78, 5) is 5.07. The Morgan fingerprint density at radius 3 is 3.20 bits per heavy atom. The second kappa shape index (κ2) is 1.66. The average molecular weight is 135 g/mol. The Bertz CT molecular complexity index is 352. The number of nitrogen functional groups attached to an aromatic ring is 1. The van der Waals surface area contributed by atoms with E-state index in [-0.39, 0.29) is 0 Å². The van der Waals surface area contributed by atoms with Crippen LogP contribution in [0.5, 0.6) is 0 Å². The summed E-state index contributed by atoms with van der Waals surface area (Å²) in [7, 11) is 0. The predicted octanol–water partition coefficient (Wildman–Crippen LogP) is -0.460. The predicted molar refractivity (Wildman–Crippen MR) is 35.5 cm³/mol. The summed E-state index contributed by atoms with van der Waals surface area (Å²) in [6.07, 6.45) is 3.26. The molecular weight excluding hydrogens is 130 g/mol. The summed E-state index contributed by atoms with van der Waals surface area (Å²) < 4.78 is 0. The molecule has 0 aliphatic rings. The molecule has 0 fully saturated rings. The number of nitrogens with zero attached hydrogens (tertiary/aromatic N) is 4. The number of aromatic nitrogens is 4. The molecule has 0 saturated heterocycles. The van der Waals surface area contributed by atoms with Gasteiger partial charge in [0.2, 0.25) is 0 Å². The molecule has 0 amide bonds. The first-order chi connectivity index (χ1) is 4.88. The Kier molecular flexibility index (Phi) is 0.858. The Morgan fingerprint density at radius 1 is 1.50 bits per heavy atom. The van der Waals surface area contributed by atoms with Gasteiger partial charge in [-0.25, -0.2) is 0 Å². The van der Waals surface area contributed by atoms with E-state index in [4.69, 9.17) is 5.84 Å². The first-order valence-electron chi connectivity index (χ1n) is 2.78. The highest BCUT2D eigenvalue weighted by molar-refractivity contribution is 5.72. The molecule has 2 N–H and O–H groups in total. The van der Waals surface area contributed by atoms with Crippen LogP contribution in [0.15, 0.2) is 18.5 Å². The lowest BCUT2D eigenvalue weighted by atomic mass is 10.4. The maximum absolute atomic E-state index is 5.39. The van der Waals surface area contributed by atoms with Crippen molar-refractivity contribution in [3.63, 3.8) is 0 Å². The molecule has 0 unspecified atom stereocenters. The third-order valence-electron chi connectivity index (χ3n) is 1.27. The molecule has 0 bridgehead atoms. The van der Waals surface area contributed by atoms with Crippen LogP contribution in [-0.4, -0.2) is 20.1 Å². The summed E-state index contributed by atoms with van der Waals surface area (Å²) in [5, 5.41) is 7.34. The van der Waals surface area contributed by atoms with Crippen LogP contribution in [0.1, 0.15) is 0 Å². The second-order valence-corrected chi connectivity index (χ2v) is 1.90. The van der Waals surface area contributed by atoms with E-state index in [1.807, 2.05) is 0 Å². The standard InChI is InChI=1S/C5H5N5/c6-10-5-1-2-7-3-4(5)8-9-10/h1-3H,6H2. The largest absolute Gasteiger partial charge is 0.321 e. The molecule has 5 heteroatoms. The lowest BCUT2D eigenvalue weighted by molar-refractivity contribution is 0.787. The topological polar surface area (TPSA) is 69.6 Å². The van der Waals surface area contributed by atoms with Gasteiger partial charge in [-0.1, -0.05) is 0 Å². The summed E-state index contributed by atoms with van der Waals surface area (Å²) in [5.74, 6) is 5.39. The van der Waals surface area contributed by atoms with Crippen LogP contribution in [-0.2, 0) is 0 Å². The smallest absolute Gasteiger partial charge is 0.133 e. The van der Waals surface area contributed by atoms with E-state index in [2.05, 4.69) is 15.3 Å². The molecule has 0 radical (unpaired) electrons. The molecular formula is C5H5N5.